The van der Waals surface area contributed by atoms with E-state index in [1.165, 1.54) is 48.5 Å². The molecule has 0 bridgehead atoms. The zero-order valence-electron chi connectivity index (χ0n) is 17.2. The topological polar surface area (TPSA) is 116 Å². The molecule has 1 aliphatic heterocycles. The molecule has 3 aromatic rings. The first-order chi connectivity index (χ1) is 16.1. The van der Waals surface area contributed by atoms with Crippen LogP contribution in [0, 0.1) is 17.1 Å². The summed E-state index contributed by atoms with van der Waals surface area (Å²) in [6.45, 7) is -0.859. The summed E-state index contributed by atoms with van der Waals surface area (Å²) in [4.78, 5) is 25.9. The Hall–Kier alpha value is -4.00. The second-order valence-corrected chi connectivity index (χ2v) is 9.52. The molecular weight excluding hydrogens is 483 g/mol. The van der Waals surface area contributed by atoms with E-state index in [-0.39, 0.29) is 32.2 Å². The number of fused-ring (bicyclic) bond motifs is 1. The maximum atomic E-state index is 13.5. The van der Waals surface area contributed by atoms with Gasteiger partial charge in [-0.05, 0) is 42.5 Å². The average molecular weight is 497 g/mol. The fourth-order valence-corrected chi connectivity index (χ4v) is 5.32. The normalized spacial score (nSPS) is 15.9. The first-order valence-electron chi connectivity index (χ1n) is 9.73. The van der Waals surface area contributed by atoms with E-state index in [2.05, 4.69) is 0 Å². The van der Waals surface area contributed by atoms with Crippen LogP contribution in [0.4, 0.5) is 4.39 Å². The number of halogens is 2. The Kier molecular flexibility index (Phi) is 5.96. The van der Waals surface area contributed by atoms with Crippen molar-refractivity contribution in [3.63, 3.8) is 0 Å². The Morgan fingerprint density at radius 3 is 2.50 bits per heavy atom. The predicted molar refractivity (Wildman–Crippen MR) is 121 cm³/mol. The van der Waals surface area contributed by atoms with Crippen molar-refractivity contribution in [1.29, 1.82) is 5.26 Å². The standard InChI is InChI=1S/C24H14ClFN2O5S/c25-18-11-15(8-9-19(18)26)20(29)13-28-22(23(30)16-5-3-4-14(10-16)12-27)24(31)17-6-1-2-7-21(17)34(28,32)33/h1-11,30H,13H2/b23-22+. The lowest BCUT2D eigenvalue weighted by Crippen LogP contribution is -2.42. The van der Waals surface area contributed by atoms with E-state index in [0.29, 0.717) is 4.31 Å². The summed E-state index contributed by atoms with van der Waals surface area (Å²) in [5.74, 6) is -3.09. The summed E-state index contributed by atoms with van der Waals surface area (Å²) in [5, 5.41) is 19.8. The van der Waals surface area contributed by atoms with E-state index in [1.807, 2.05) is 6.07 Å². The van der Waals surface area contributed by atoms with Crippen molar-refractivity contribution in [3.05, 3.63) is 106 Å². The van der Waals surface area contributed by atoms with Gasteiger partial charge in [-0.25, -0.2) is 12.8 Å². The van der Waals surface area contributed by atoms with Gasteiger partial charge in [-0.1, -0.05) is 35.9 Å². The summed E-state index contributed by atoms with van der Waals surface area (Å²) < 4.78 is 40.9. The van der Waals surface area contributed by atoms with E-state index in [0.717, 1.165) is 18.2 Å². The molecule has 10 heteroatoms. The number of rotatable bonds is 4. The number of carbonyl (C=O) groups is 2. The number of hydrogen-bond acceptors (Lipinski definition) is 6. The molecule has 0 aromatic heterocycles. The lowest BCUT2D eigenvalue weighted by atomic mass is 10.0. The lowest BCUT2D eigenvalue weighted by Gasteiger charge is -2.31. The number of allylic oxidation sites excluding steroid dienone is 1. The molecule has 34 heavy (non-hydrogen) atoms. The van der Waals surface area contributed by atoms with Crippen molar-refractivity contribution >= 4 is 38.9 Å². The van der Waals surface area contributed by atoms with Gasteiger partial charge in [0.05, 0.1) is 28.1 Å². The van der Waals surface area contributed by atoms with Gasteiger partial charge in [0.2, 0.25) is 5.78 Å². The van der Waals surface area contributed by atoms with E-state index in [4.69, 9.17) is 16.9 Å². The highest BCUT2D eigenvalue weighted by molar-refractivity contribution is 7.89. The third-order valence-corrected chi connectivity index (χ3v) is 7.28. The van der Waals surface area contributed by atoms with E-state index in [9.17, 15) is 27.5 Å². The first-order valence-corrected chi connectivity index (χ1v) is 11.6. The van der Waals surface area contributed by atoms with Crippen molar-refractivity contribution in [1.82, 2.24) is 4.31 Å². The molecule has 170 valence electrons. The minimum absolute atomic E-state index is 0.0132. The van der Waals surface area contributed by atoms with E-state index in [1.54, 1.807) is 0 Å². The van der Waals surface area contributed by atoms with Crippen LogP contribution in [-0.2, 0) is 10.0 Å². The molecule has 0 radical (unpaired) electrons. The third kappa shape index (κ3) is 3.94. The lowest BCUT2D eigenvalue weighted by molar-refractivity contribution is 0.0952. The molecule has 0 spiro atoms. The van der Waals surface area contributed by atoms with Crippen molar-refractivity contribution in [2.45, 2.75) is 4.90 Å². The average Bonchev–Trinajstić information content (AvgIpc) is 2.84. The molecule has 0 saturated carbocycles. The van der Waals surface area contributed by atoms with Gasteiger partial charge in [0.1, 0.15) is 11.5 Å². The monoisotopic (exact) mass is 496 g/mol. The summed E-state index contributed by atoms with van der Waals surface area (Å²) in [6.07, 6.45) is 0. The van der Waals surface area contributed by atoms with Crippen LogP contribution in [0.3, 0.4) is 0 Å². The number of benzene rings is 3. The number of carbonyl (C=O) groups excluding carboxylic acids is 2. The molecular formula is C24H14ClFN2O5S. The largest absolute Gasteiger partial charge is 0.505 e. The minimum Gasteiger partial charge on any atom is -0.505 e. The minimum atomic E-state index is -4.45. The number of aliphatic hydroxyl groups excluding tert-OH is 1. The third-order valence-electron chi connectivity index (χ3n) is 5.18. The molecule has 0 aliphatic carbocycles. The summed E-state index contributed by atoms with van der Waals surface area (Å²) >= 11 is 5.75. The Morgan fingerprint density at radius 1 is 1.06 bits per heavy atom. The van der Waals surface area contributed by atoms with Crippen molar-refractivity contribution in [2.75, 3.05) is 6.54 Å². The van der Waals surface area contributed by atoms with Crippen LogP contribution in [0.15, 0.2) is 77.3 Å². The fourth-order valence-electron chi connectivity index (χ4n) is 3.51. The van der Waals surface area contributed by atoms with Crippen LogP contribution in [-0.4, -0.2) is 35.9 Å². The molecule has 0 atom stereocenters. The second kappa shape index (κ2) is 8.74. The van der Waals surface area contributed by atoms with Gasteiger partial charge in [0.25, 0.3) is 10.0 Å². The van der Waals surface area contributed by atoms with Crippen LogP contribution >= 0.6 is 11.6 Å². The quantitative estimate of drug-likeness (QED) is 0.326. The molecule has 0 amide bonds. The molecule has 0 unspecified atom stereocenters. The number of nitrogens with zero attached hydrogens (tertiary/aromatic N) is 2. The Bertz CT molecular complexity index is 1540. The van der Waals surface area contributed by atoms with Crippen LogP contribution in [0.5, 0.6) is 0 Å². The van der Waals surface area contributed by atoms with Crippen LogP contribution < -0.4 is 0 Å². The van der Waals surface area contributed by atoms with Gasteiger partial charge in [-0.15, -0.1) is 0 Å². The molecule has 1 N–H and O–H groups in total. The molecule has 0 saturated heterocycles. The Morgan fingerprint density at radius 2 is 1.79 bits per heavy atom. The Labute approximate surface area is 199 Å². The van der Waals surface area contributed by atoms with Gasteiger partial charge in [-0.2, -0.15) is 5.26 Å². The smallest absolute Gasteiger partial charge is 0.265 e. The predicted octanol–water partition coefficient (Wildman–Crippen LogP) is 4.35. The Balaban J connectivity index is 1.91. The second-order valence-electron chi connectivity index (χ2n) is 7.28. The highest BCUT2D eigenvalue weighted by Gasteiger charge is 2.42. The molecule has 0 fully saturated rings. The summed E-state index contributed by atoms with van der Waals surface area (Å²) in [7, 11) is -4.45. The summed E-state index contributed by atoms with van der Waals surface area (Å²) in [5.41, 5.74) is -0.721. The number of Topliss-reactive ketones (excluding diaryl/α,β-unsaturated/α-hetero) is 2. The van der Waals surface area contributed by atoms with E-state index >= 15 is 0 Å². The number of hydrogen-bond donors (Lipinski definition) is 1. The van der Waals surface area contributed by atoms with Crippen LogP contribution in [0.25, 0.3) is 5.76 Å². The molecule has 1 aliphatic rings. The fraction of sp³-hybridized carbons (Fsp3) is 0.0417. The molecule has 3 aromatic carbocycles. The maximum Gasteiger partial charge on any atom is 0.265 e. The molecule has 4 rings (SSSR count). The number of sulfonamides is 1. The van der Waals surface area contributed by atoms with Crippen LogP contribution in [0.1, 0.15) is 31.8 Å². The zero-order chi connectivity index (χ0) is 24.6. The number of aliphatic hydroxyl groups is 1. The van der Waals surface area contributed by atoms with Gasteiger partial charge >= 0.3 is 0 Å². The highest BCUT2D eigenvalue weighted by Crippen LogP contribution is 2.35. The maximum absolute atomic E-state index is 13.5. The first kappa shape index (κ1) is 23.2. The van der Waals surface area contributed by atoms with Gasteiger partial charge in [0, 0.05) is 16.7 Å². The summed E-state index contributed by atoms with van der Waals surface area (Å²) in [6, 6.07) is 16.0. The SMILES string of the molecule is N#Cc1cccc(/C(O)=C2/C(=O)c3ccccc3S(=O)(=O)N2CC(=O)c2ccc(F)c(Cl)c2)c1. The number of nitriles is 1. The van der Waals surface area contributed by atoms with Crippen LogP contribution in [0.2, 0.25) is 5.02 Å². The van der Waals surface area contributed by atoms with Crippen molar-refractivity contribution < 1.29 is 27.5 Å². The molecule has 7 nitrogen and oxygen atoms in total. The highest BCUT2D eigenvalue weighted by atomic mass is 35.5. The van der Waals surface area contributed by atoms with Gasteiger partial charge in [-0.3, -0.25) is 13.9 Å². The molecule has 1 heterocycles. The van der Waals surface area contributed by atoms with Gasteiger partial charge in [0.15, 0.2) is 11.5 Å². The van der Waals surface area contributed by atoms with Crippen molar-refractivity contribution in [2.24, 2.45) is 0 Å². The number of ketones is 2. The van der Waals surface area contributed by atoms with Crippen molar-refractivity contribution in [3.8, 4) is 6.07 Å². The van der Waals surface area contributed by atoms with E-state index < -0.39 is 45.4 Å². The van der Waals surface area contributed by atoms with Gasteiger partial charge < -0.3 is 5.11 Å². The zero-order valence-corrected chi connectivity index (χ0v) is 18.8.